The van der Waals surface area contributed by atoms with Crippen LogP contribution in [-0.2, 0) is 0 Å². The Kier molecular flexibility index (Phi) is 1.51. The van der Waals surface area contributed by atoms with E-state index in [1.807, 2.05) is 0 Å². The number of amides is 1. The number of nitrogens with zero attached hydrogens (tertiary/aromatic N) is 4. The van der Waals surface area contributed by atoms with Gasteiger partial charge in [0.1, 0.15) is 5.52 Å². The first-order chi connectivity index (χ1) is 6.25. The molecule has 13 heavy (non-hydrogen) atoms. The Bertz CT molecular complexity index is 451. The van der Waals surface area contributed by atoms with Crippen LogP contribution in [0.5, 0.6) is 5.88 Å². The Morgan fingerprint density at radius 3 is 3.08 bits per heavy atom. The van der Waals surface area contributed by atoms with Gasteiger partial charge in [-0.05, 0) is 0 Å². The van der Waals surface area contributed by atoms with E-state index < -0.39 is 6.09 Å². The average Bonchev–Trinajstić information content (AvgIpc) is 2.49. The second-order valence-corrected chi connectivity index (χ2v) is 2.15. The molecule has 0 spiro atoms. The smallest absolute Gasteiger partial charge is 0.390 e. The number of hydrogen-bond acceptors (Lipinski definition) is 6. The summed E-state index contributed by atoms with van der Waals surface area (Å²) >= 11 is 0. The fourth-order valence-electron chi connectivity index (χ4n) is 0.803. The molecule has 66 valence electrons. The summed E-state index contributed by atoms with van der Waals surface area (Å²) < 4.78 is 4.48. The number of ether oxygens (including phenoxy) is 1. The maximum Gasteiger partial charge on any atom is 0.411 e. The molecule has 2 aromatic heterocycles. The topological polar surface area (TPSA) is 120 Å². The van der Waals surface area contributed by atoms with Gasteiger partial charge in [0, 0.05) is 6.07 Å². The van der Waals surface area contributed by atoms with E-state index in [1.54, 1.807) is 0 Å². The van der Waals surface area contributed by atoms with Crippen molar-refractivity contribution < 1.29 is 9.53 Å². The van der Waals surface area contributed by atoms with Crippen LogP contribution in [0.2, 0.25) is 0 Å². The summed E-state index contributed by atoms with van der Waals surface area (Å²) in [5.74, 6) is 0.00560. The van der Waals surface area contributed by atoms with Gasteiger partial charge in [0.2, 0.25) is 11.5 Å². The van der Waals surface area contributed by atoms with E-state index in [-0.39, 0.29) is 5.88 Å². The summed E-state index contributed by atoms with van der Waals surface area (Å²) in [6.07, 6.45) is -0.943. The van der Waals surface area contributed by atoms with E-state index in [2.05, 4.69) is 30.3 Å². The van der Waals surface area contributed by atoms with Gasteiger partial charge in [-0.2, -0.15) is 0 Å². The molecule has 0 atom stereocenters. The van der Waals surface area contributed by atoms with Gasteiger partial charge in [0.05, 0.1) is 0 Å². The Labute approximate surface area is 71.1 Å². The Balaban J connectivity index is 2.42. The average molecular weight is 180 g/mol. The van der Waals surface area contributed by atoms with Gasteiger partial charge in [-0.1, -0.05) is 5.21 Å². The molecule has 0 radical (unpaired) electrons. The van der Waals surface area contributed by atoms with Crippen molar-refractivity contribution in [2.45, 2.75) is 0 Å². The highest BCUT2D eigenvalue weighted by atomic mass is 16.6. The minimum absolute atomic E-state index is 0.00560. The van der Waals surface area contributed by atoms with Gasteiger partial charge in [0.25, 0.3) is 0 Å². The maximum atomic E-state index is 10.3. The van der Waals surface area contributed by atoms with Gasteiger partial charge in [-0.3, -0.25) is 5.10 Å². The second-order valence-electron chi connectivity index (χ2n) is 2.15. The first-order valence-corrected chi connectivity index (χ1v) is 3.27. The lowest BCUT2D eigenvalue weighted by molar-refractivity contribution is 0.208. The largest absolute Gasteiger partial charge is 0.411 e. The van der Waals surface area contributed by atoms with Crippen LogP contribution in [0.15, 0.2) is 6.07 Å². The summed E-state index contributed by atoms with van der Waals surface area (Å²) in [6.45, 7) is 0. The predicted octanol–water partition coefficient (Wildman–Crippen LogP) is -0.795. The molecular weight excluding hydrogens is 176 g/mol. The molecule has 0 bridgehead atoms. The van der Waals surface area contributed by atoms with Crippen molar-refractivity contribution in [2.24, 2.45) is 5.73 Å². The molecule has 1 amide bonds. The molecule has 2 aromatic rings. The van der Waals surface area contributed by atoms with E-state index in [9.17, 15) is 4.79 Å². The molecule has 0 aromatic carbocycles. The fourth-order valence-corrected chi connectivity index (χ4v) is 0.803. The lowest BCUT2D eigenvalue weighted by Gasteiger charge is -1.95. The quantitative estimate of drug-likeness (QED) is 0.593. The number of nitrogens with two attached hydrogens (primary N) is 1. The van der Waals surface area contributed by atoms with Crippen molar-refractivity contribution in [3.8, 4) is 5.88 Å². The zero-order valence-electron chi connectivity index (χ0n) is 6.26. The van der Waals surface area contributed by atoms with Gasteiger partial charge in [0.15, 0.2) is 0 Å². The van der Waals surface area contributed by atoms with Crippen LogP contribution in [0.1, 0.15) is 0 Å². The lowest BCUT2D eigenvalue weighted by atomic mass is 10.5. The zero-order valence-corrected chi connectivity index (χ0v) is 6.26. The van der Waals surface area contributed by atoms with Gasteiger partial charge in [-0.25, -0.2) is 4.79 Å². The van der Waals surface area contributed by atoms with Crippen LogP contribution < -0.4 is 10.5 Å². The summed E-state index contributed by atoms with van der Waals surface area (Å²) in [6, 6.07) is 1.42. The molecule has 0 aliphatic rings. The molecule has 3 N–H and O–H groups in total. The summed E-state index contributed by atoms with van der Waals surface area (Å²) in [5.41, 5.74) is 5.64. The van der Waals surface area contributed by atoms with Gasteiger partial charge in [-0.15, -0.1) is 15.3 Å². The van der Waals surface area contributed by atoms with Crippen molar-refractivity contribution in [1.82, 2.24) is 25.6 Å². The van der Waals surface area contributed by atoms with Crippen LogP contribution in [0.4, 0.5) is 4.79 Å². The van der Waals surface area contributed by atoms with Crippen LogP contribution in [0.25, 0.3) is 11.2 Å². The minimum Gasteiger partial charge on any atom is -0.390 e. The Morgan fingerprint density at radius 1 is 1.46 bits per heavy atom. The molecule has 2 heterocycles. The van der Waals surface area contributed by atoms with Gasteiger partial charge < -0.3 is 10.5 Å². The molecule has 0 aliphatic heterocycles. The number of H-pyrrole nitrogens is 1. The Morgan fingerprint density at radius 2 is 2.31 bits per heavy atom. The monoisotopic (exact) mass is 180 g/mol. The first kappa shape index (κ1) is 7.40. The number of nitrogens with one attached hydrogen (secondary N) is 1. The fraction of sp³-hybridized carbons (Fsp3) is 0. The number of carbonyl (C=O) groups excluding carboxylic acids is 1. The van der Waals surface area contributed by atoms with E-state index in [4.69, 9.17) is 5.73 Å². The maximum absolute atomic E-state index is 10.3. The molecule has 0 saturated carbocycles. The van der Waals surface area contributed by atoms with Crippen molar-refractivity contribution in [3.05, 3.63) is 6.07 Å². The Hall–Kier alpha value is -2.25. The normalized spacial score (nSPS) is 10.2. The predicted molar refractivity (Wildman–Crippen MR) is 39.7 cm³/mol. The third kappa shape index (κ3) is 1.36. The van der Waals surface area contributed by atoms with Crippen LogP contribution >= 0.6 is 0 Å². The molecule has 0 aliphatic carbocycles. The van der Waals surface area contributed by atoms with Crippen molar-refractivity contribution in [3.63, 3.8) is 0 Å². The van der Waals surface area contributed by atoms with Crippen LogP contribution in [-0.4, -0.2) is 31.7 Å². The SMILES string of the molecule is NC(=O)Oc1cc2[nH]nnc2nn1. The molecule has 0 fully saturated rings. The highest BCUT2D eigenvalue weighted by Gasteiger charge is 2.05. The standard InChI is InChI=1S/C5H4N6O2/c6-5(12)13-3-1-2-4(9-8-3)10-11-7-2/h1H,(H2,6,12)(H,7,9,10,11). The number of primary amides is 1. The lowest BCUT2D eigenvalue weighted by Crippen LogP contribution is -2.17. The summed E-state index contributed by atoms with van der Waals surface area (Å²) in [7, 11) is 0. The summed E-state index contributed by atoms with van der Waals surface area (Å²) in [5, 5.41) is 16.7. The minimum atomic E-state index is -0.943. The number of hydrogen-bond donors (Lipinski definition) is 2. The summed E-state index contributed by atoms with van der Waals surface area (Å²) in [4.78, 5) is 10.3. The molecule has 2 rings (SSSR count). The third-order valence-electron chi connectivity index (χ3n) is 1.27. The molecule has 0 unspecified atom stereocenters. The van der Waals surface area contributed by atoms with E-state index in [1.165, 1.54) is 6.07 Å². The van der Waals surface area contributed by atoms with Crippen LogP contribution in [0, 0.1) is 0 Å². The highest BCUT2D eigenvalue weighted by molar-refractivity contribution is 5.71. The number of aromatic nitrogens is 5. The van der Waals surface area contributed by atoms with Crippen molar-refractivity contribution in [1.29, 1.82) is 0 Å². The zero-order chi connectivity index (χ0) is 9.26. The van der Waals surface area contributed by atoms with Gasteiger partial charge >= 0.3 is 6.09 Å². The third-order valence-corrected chi connectivity index (χ3v) is 1.27. The molecule has 0 saturated heterocycles. The number of carbonyl (C=O) groups is 1. The second kappa shape index (κ2) is 2.66. The van der Waals surface area contributed by atoms with Crippen LogP contribution in [0.3, 0.4) is 0 Å². The first-order valence-electron chi connectivity index (χ1n) is 3.27. The van der Waals surface area contributed by atoms with E-state index in [0.717, 1.165) is 0 Å². The van der Waals surface area contributed by atoms with E-state index >= 15 is 0 Å². The number of rotatable bonds is 1. The van der Waals surface area contributed by atoms with E-state index in [0.29, 0.717) is 11.2 Å². The highest BCUT2D eigenvalue weighted by Crippen LogP contribution is 2.09. The molecule has 8 nitrogen and oxygen atoms in total. The molecule has 8 heteroatoms. The van der Waals surface area contributed by atoms with Crippen molar-refractivity contribution >= 4 is 17.3 Å². The molecular formula is C5H4N6O2. The number of fused-ring (bicyclic) bond motifs is 1. The number of aromatic amines is 1. The van der Waals surface area contributed by atoms with Crippen molar-refractivity contribution in [2.75, 3.05) is 0 Å².